The Kier molecular flexibility index (Phi) is 6.18. The summed E-state index contributed by atoms with van der Waals surface area (Å²) < 4.78 is 24.5. The number of benzene rings is 3. The number of carbonyl (C=O) groups is 2. The number of halogens is 1. The van der Waals surface area contributed by atoms with Crippen LogP contribution >= 0.6 is 0 Å². The quantitative estimate of drug-likeness (QED) is 0.525. The van der Waals surface area contributed by atoms with Gasteiger partial charge in [0.05, 0.1) is 26.2 Å². The van der Waals surface area contributed by atoms with Crippen LogP contribution in [0, 0.1) is 5.82 Å². The molecule has 0 spiro atoms. The number of piperazine rings is 1. The highest BCUT2D eigenvalue weighted by Crippen LogP contribution is 2.49. The lowest BCUT2D eigenvalue weighted by Crippen LogP contribution is -2.54. The number of hydrogen-bond acceptors (Lipinski definition) is 5. The van der Waals surface area contributed by atoms with Gasteiger partial charge in [-0.15, -0.1) is 0 Å². The molecule has 1 saturated heterocycles. The Morgan fingerprint density at radius 1 is 0.868 bits per heavy atom. The second-order valence-electron chi connectivity index (χ2n) is 9.95. The number of rotatable bonds is 4. The Labute approximate surface area is 221 Å². The second-order valence-corrected chi connectivity index (χ2v) is 9.95. The van der Waals surface area contributed by atoms with Crippen LogP contribution in [0.3, 0.4) is 0 Å². The van der Waals surface area contributed by atoms with Crippen molar-refractivity contribution >= 4 is 17.5 Å². The molecule has 0 aromatic heterocycles. The van der Waals surface area contributed by atoms with Crippen molar-refractivity contribution in [2.24, 2.45) is 0 Å². The van der Waals surface area contributed by atoms with Crippen LogP contribution in [0.5, 0.6) is 11.5 Å². The normalized spacial score (nSPS) is 20.4. The molecule has 0 unspecified atom stereocenters. The first kappa shape index (κ1) is 24.3. The number of ether oxygens (including phenoxy) is 2. The van der Waals surface area contributed by atoms with Crippen molar-refractivity contribution in [1.29, 1.82) is 0 Å². The van der Waals surface area contributed by atoms with Gasteiger partial charge < -0.3 is 24.2 Å². The van der Waals surface area contributed by atoms with E-state index in [1.54, 1.807) is 26.4 Å². The standard InChI is InChI=1S/C30H30FN3O4/c1-37-25-17-19-11-12-34-28(24(19)18-26(25)38-2)27(22-5-3-4-6-23(22)29(34)35)30(36)33-15-13-32(14-16-33)21-9-7-20(31)8-10-21/h3-10,17-18,27-28H,11-16H2,1-2H3/t27-,28+/m1/s1. The first-order valence-electron chi connectivity index (χ1n) is 12.9. The summed E-state index contributed by atoms with van der Waals surface area (Å²) >= 11 is 0. The molecule has 196 valence electrons. The van der Waals surface area contributed by atoms with Crippen LogP contribution < -0.4 is 14.4 Å². The highest BCUT2D eigenvalue weighted by molar-refractivity contribution is 6.01. The van der Waals surface area contributed by atoms with Crippen LogP contribution in [0.25, 0.3) is 0 Å². The van der Waals surface area contributed by atoms with E-state index in [-0.39, 0.29) is 17.6 Å². The summed E-state index contributed by atoms with van der Waals surface area (Å²) in [6.07, 6.45) is 0.678. The van der Waals surface area contributed by atoms with E-state index in [1.807, 2.05) is 46.2 Å². The minimum atomic E-state index is -0.529. The molecule has 8 heteroatoms. The molecule has 1 fully saturated rings. The topological polar surface area (TPSA) is 62.3 Å². The summed E-state index contributed by atoms with van der Waals surface area (Å²) in [5.74, 6) is 0.399. The van der Waals surface area contributed by atoms with E-state index in [1.165, 1.54) is 12.1 Å². The first-order valence-corrected chi connectivity index (χ1v) is 12.9. The van der Waals surface area contributed by atoms with Crippen molar-refractivity contribution in [2.45, 2.75) is 18.4 Å². The summed E-state index contributed by atoms with van der Waals surface area (Å²) in [5, 5.41) is 0. The zero-order valence-electron chi connectivity index (χ0n) is 21.5. The molecule has 7 nitrogen and oxygen atoms in total. The van der Waals surface area contributed by atoms with Gasteiger partial charge in [-0.3, -0.25) is 9.59 Å². The van der Waals surface area contributed by atoms with Gasteiger partial charge >= 0.3 is 0 Å². The van der Waals surface area contributed by atoms with E-state index < -0.39 is 12.0 Å². The summed E-state index contributed by atoms with van der Waals surface area (Å²) in [4.78, 5) is 33.9. The fourth-order valence-corrected chi connectivity index (χ4v) is 6.15. The molecule has 38 heavy (non-hydrogen) atoms. The third-order valence-corrected chi connectivity index (χ3v) is 8.07. The van der Waals surface area contributed by atoms with Crippen molar-refractivity contribution in [3.05, 3.63) is 88.7 Å². The van der Waals surface area contributed by atoms with E-state index in [0.717, 1.165) is 22.4 Å². The zero-order chi connectivity index (χ0) is 26.4. The Morgan fingerprint density at radius 2 is 1.55 bits per heavy atom. The lowest BCUT2D eigenvalue weighted by Gasteiger charge is -2.47. The van der Waals surface area contributed by atoms with E-state index in [2.05, 4.69) is 4.90 Å². The molecular weight excluding hydrogens is 485 g/mol. The molecule has 0 N–H and O–H groups in total. The highest BCUT2D eigenvalue weighted by atomic mass is 19.1. The predicted molar refractivity (Wildman–Crippen MR) is 141 cm³/mol. The van der Waals surface area contributed by atoms with Crippen LogP contribution in [0.2, 0.25) is 0 Å². The van der Waals surface area contributed by atoms with Crippen molar-refractivity contribution in [2.75, 3.05) is 51.8 Å². The average molecular weight is 516 g/mol. The Balaban J connectivity index is 1.36. The number of nitrogens with zero attached hydrogens (tertiary/aromatic N) is 3. The summed E-state index contributed by atoms with van der Waals surface area (Å²) in [6, 6.07) is 17.4. The molecule has 2 amide bonds. The Bertz CT molecular complexity index is 1380. The van der Waals surface area contributed by atoms with E-state index in [4.69, 9.17) is 9.47 Å². The van der Waals surface area contributed by atoms with Gasteiger partial charge in [-0.2, -0.15) is 0 Å². The number of hydrogen-bond donors (Lipinski definition) is 0. The van der Waals surface area contributed by atoms with Gasteiger partial charge in [0, 0.05) is 44.0 Å². The van der Waals surface area contributed by atoms with Crippen LogP contribution in [0.15, 0.2) is 60.7 Å². The zero-order valence-corrected chi connectivity index (χ0v) is 21.5. The van der Waals surface area contributed by atoms with Crippen molar-refractivity contribution in [1.82, 2.24) is 9.80 Å². The SMILES string of the molecule is COc1cc2c(cc1OC)[C@H]1[C@H](C(=O)N3CCN(c4ccc(F)cc4)CC3)c3ccccc3C(=O)N1CC2. The number of fused-ring (bicyclic) bond motifs is 4. The highest BCUT2D eigenvalue weighted by Gasteiger charge is 2.48. The van der Waals surface area contributed by atoms with Gasteiger partial charge in [0.2, 0.25) is 5.91 Å². The maximum atomic E-state index is 14.3. The van der Waals surface area contributed by atoms with Crippen LogP contribution in [-0.4, -0.2) is 68.6 Å². The van der Waals surface area contributed by atoms with Crippen molar-refractivity contribution in [3.8, 4) is 11.5 Å². The molecule has 0 saturated carbocycles. The minimum Gasteiger partial charge on any atom is -0.493 e. The smallest absolute Gasteiger partial charge is 0.254 e. The molecule has 6 rings (SSSR count). The predicted octanol–water partition coefficient (Wildman–Crippen LogP) is 4.03. The lowest BCUT2D eigenvalue weighted by atomic mass is 9.75. The largest absolute Gasteiger partial charge is 0.493 e. The van der Waals surface area contributed by atoms with E-state index in [0.29, 0.717) is 56.2 Å². The molecule has 0 radical (unpaired) electrons. The van der Waals surface area contributed by atoms with E-state index in [9.17, 15) is 14.0 Å². The summed E-state index contributed by atoms with van der Waals surface area (Å²) in [7, 11) is 3.20. The third kappa shape index (κ3) is 3.95. The second kappa shape index (κ2) is 9.67. The maximum absolute atomic E-state index is 14.3. The molecule has 3 aliphatic heterocycles. The third-order valence-electron chi connectivity index (χ3n) is 8.07. The minimum absolute atomic E-state index is 0.0151. The molecule has 3 aliphatic rings. The molecule has 0 aliphatic carbocycles. The van der Waals surface area contributed by atoms with Crippen molar-refractivity contribution < 1.29 is 23.5 Å². The lowest BCUT2D eigenvalue weighted by molar-refractivity contribution is -0.135. The monoisotopic (exact) mass is 515 g/mol. The van der Waals surface area contributed by atoms with Gasteiger partial charge in [0.25, 0.3) is 5.91 Å². The fourth-order valence-electron chi connectivity index (χ4n) is 6.15. The first-order chi connectivity index (χ1) is 18.5. The maximum Gasteiger partial charge on any atom is 0.254 e. The van der Waals surface area contributed by atoms with Crippen molar-refractivity contribution in [3.63, 3.8) is 0 Å². The number of methoxy groups -OCH3 is 2. The van der Waals surface area contributed by atoms with Crippen LogP contribution in [0.4, 0.5) is 10.1 Å². The number of carbonyl (C=O) groups excluding carboxylic acids is 2. The number of anilines is 1. The summed E-state index contributed by atoms with van der Waals surface area (Å²) in [6.45, 7) is 2.94. The molecule has 2 atom stereocenters. The molecule has 3 aromatic carbocycles. The Morgan fingerprint density at radius 3 is 2.26 bits per heavy atom. The van der Waals surface area contributed by atoms with Gasteiger partial charge in [-0.1, -0.05) is 18.2 Å². The van der Waals surface area contributed by atoms with Gasteiger partial charge in [-0.05, 0) is 65.6 Å². The molecule has 0 bridgehead atoms. The Hall–Kier alpha value is -4.07. The summed E-state index contributed by atoms with van der Waals surface area (Å²) in [5.41, 5.74) is 4.30. The molecule has 3 aromatic rings. The van der Waals surface area contributed by atoms with Gasteiger partial charge in [0.15, 0.2) is 11.5 Å². The van der Waals surface area contributed by atoms with Gasteiger partial charge in [0.1, 0.15) is 5.82 Å². The van der Waals surface area contributed by atoms with Crippen LogP contribution in [0.1, 0.15) is 39.0 Å². The van der Waals surface area contributed by atoms with Gasteiger partial charge in [-0.25, -0.2) is 4.39 Å². The average Bonchev–Trinajstić information content (AvgIpc) is 2.96. The molecule has 3 heterocycles. The fraction of sp³-hybridized carbons (Fsp3) is 0.333. The number of amides is 2. The molecular formula is C30H30FN3O4. The van der Waals surface area contributed by atoms with Crippen LogP contribution in [-0.2, 0) is 11.2 Å². The van der Waals surface area contributed by atoms with E-state index >= 15 is 0 Å².